The molecule has 0 saturated heterocycles. The van der Waals surface area contributed by atoms with Crippen LogP contribution in [0.15, 0.2) is 41.4 Å². The van der Waals surface area contributed by atoms with E-state index in [9.17, 15) is 0 Å². The molecular formula is C14H17N2OReS3-5. The van der Waals surface area contributed by atoms with Crippen LogP contribution in [-0.4, -0.2) is 41.5 Å². The first-order valence-corrected chi connectivity index (χ1v) is 7.61. The van der Waals surface area contributed by atoms with Crippen LogP contribution in [0.1, 0.15) is 0 Å². The van der Waals surface area contributed by atoms with Crippen LogP contribution in [0.2, 0.25) is 0 Å². The van der Waals surface area contributed by atoms with Gasteiger partial charge >= 0.3 is 0 Å². The van der Waals surface area contributed by atoms with Crippen LogP contribution >= 0.6 is 0 Å². The number of pyridine rings is 1. The van der Waals surface area contributed by atoms with Gasteiger partial charge in [-0.25, -0.2) is 0 Å². The summed E-state index contributed by atoms with van der Waals surface area (Å²) in [6.45, 7) is 1.98. The Morgan fingerprint density at radius 2 is 1.57 bits per heavy atom. The van der Waals surface area contributed by atoms with Crippen molar-refractivity contribution in [3.05, 3.63) is 36.4 Å². The fourth-order valence-electron chi connectivity index (χ4n) is 1.47. The molecule has 1 aromatic carbocycles. The Bertz CT molecular complexity index is 496. The van der Waals surface area contributed by atoms with Gasteiger partial charge in [0.15, 0.2) is 0 Å². The van der Waals surface area contributed by atoms with Crippen molar-refractivity contribution in [3.63, 3.8) is 0 Å². The molecule has 0 fully saturated rings. The third kappa shape index (κ3) is 9.69. The van der Waals surface area contributed by atoms with Crippen LogP contribution in [0, 0.1) is 0 Å². The summed E-state index contributed by atoms with van der Waals surface area (Å²) in [5, 5.41) is 1.80. The molecule has 0 aliphatic rings. The summed E-state index contributed by atoms with van der Waals surface area (Å²) < 4.78 is 0. The number of benzene rings is 1. The van der Waals surface area contributed by atoms with Crippen LogP contribution in [0.4, 0.5) is 0 Å². The van der Waals surface area contributed by atoms with Crippen molar-refractivity contribution in [1.29, 1.82) is 0 Å². The number of nitrogens with zero attached hydrogens (tertiary/aromatic N) is 2. The predicted octanol–water partition coefficient (Wildman–Crippen LogP) is 2.03. The molecule has 0 bridgehead atoms. The van der Waals surface area contributed by atoms with Gasteiger partial charge in [-0.1, -0.05) is 35.4 Å². The Balaban J connectivity index is 0. The average Bonchev–Trinajstić information content (AvgIpc) is 2.40. The van der Waals surface area contributed by atoms with E-state index >= 15 is 0 Å². The van der Waals surface area contributed by atoms with E-state index in [0.29, 0.717) is 5.03 Å². The van der Waals surface area contributed by atoms with Crippen molar-refractivity contribution in [3.8, 4) is 0 Å². The minimum Gasteiger partial charge on any atom is -2.00 e. The summed E-state index contributed by atoms with van der Waals surface area (Å²) in [4.78, 5) is 6.34. The molecule has 119 valence electrons. The van der Waals surface area contributed by atoms with Gasteiger partial charge in [-0.2, -0.15) is 11.5 Å². The summed E-state index contributed by atoms with van der Waals surface area (Å²) in [6, 6.07) is 11.8. The van der Waals surface area contributed by atoms with Gasteiger partial charge in [0.2, 0.25) is 0 Å². The number of para-hydroxylation sites is 1. The van der Waals surface area contributed by atoms with E-state index in [4.69, 9.17) is 37.9 Å². The maximum Gasteiger partial charge on any atom is 0.0683 e. The minimum atomic E-state index is 0. The van der Waals surface area contributed by atoms with Gasteiger partial charge in [0.1, 0.15) is 0 Å². The fourth-order valence-corrected chi connectivity index (χ4v) is 2.26. The van der Waals surface area contributed by atoms with Gasteiger partial charge in [0.05, 0.1) is 5.52 Å². The molecule has 1 radical (unpaired) electrons. The molecule has 0 N–H and O–H groups in total. The van der Waals surface area contributed by atoms with E-state index < -0.39 is 0 Å². The van der Waals surface area contributed by atoms with E-state index in [-0.39, 0.29) is 25.9 Å². The van der Waals surface area contributed by atoms with Crippen LogP contribution in [0.5, 0.6) is 0 Å². The number of aromatic nitrogens is 1. The fraction of sp³-hybridized carbons (Fsp3) is 0.357. The van der Waals surface area contributed by atoms with Gasteiger partial charge < -0.3 is 48.3 Å². The maximum atomic E-state index is 4.93. The first kappa shape index (κ1) is 23.4. The van der Waals surface area contributed by atoms with E-state index in [1.165, 1.54) is 0 Å². The second kappa shape index (κ2) is 13.8. The van der Waals surface area contributed by atoms with Crippen LogP contribution in [0.3, 0.4) is 0 Å². The van der Waals surface area contributed by atoms with E-state index in [1.54, 1.807) is 0 Å². The SMILES string of the molecule is CN(CC[S-])CC[S-].[O-2].[Re].[S-]c1ccc2ccccc2n1. The Morgan fingerprint density at radius 1 is 1.00 bits per heavy atom. The number of fused-ring (bicyclic) bond motifs is 1. The zero-order valence-corrected chi connectivity index (χ0v) is 16.9. The van der Waals surface area contributed by atoms with Crippen molar-refractivity contribution in [1.82, 2.24) is 9.88 Å². The number of rotatable bonds is 4. The van der Waals surface area contributed by atoms with Crippen LogP contribution in [-0.2, 0) is 63.8 Å². The van der Waals surface area contributed by atoms with Gasteiger partial charge in [0, 0.05) is 25.8 Å². The predicted molar refractivity (Wildman–Crippen MR) is 90.0 cm³/mol. The molecule has 0 atom stereocenters. The molecule has 0 spiro atoms. The summed E-state index contributed by atoms with van der Waals surface area (Å²) in [7, 11) is 2.04. The number of hydrogen-bond donors (Lipinski definition) is 0. The normalized spacial score (nSPS) is 9.33. The zero-order valence-electron chi connectivity index (χ0n) is 11.7. The van der Waals surface area contributed by atoms with E-state index in [0.717, 1.165) is 35.5 Å². The van der Waals surface area contributed by atoms with E-state index in [2.05, 4.69) is 9.88 Å². The van der Waals surface area contributed by atoms with Crippen LogP contribution < -0.4 is 0 Å². The van der Waals surface area contributed by atoms with E-state index in [1.807, 2.05) is 43.4 Å². The molecule has 0 aliphatic carbocycles. The van der Waals surface area contributed by atoms with Crippen LogP contribution in [0.25, 0.3) is 10.9 Å². The average molecular weight is 512 g/mol. The second-order valence-electron chi connectivity index (χ2n) is 4.05. The van der Waals surface area contributed by atoms with Crippen molar-refractivity contribution >= 4 is 48.8 Å². The first-order valence-electron chi connectivity index (χ1n) is 6.05. The largest absolute Gasteiger partial charge is 2.00 e. The topological polar surface area (TPSA) is 44.6 Å². The van der Waals surface area contributed by atoms with Gasteiger partial charge in [-0.15, -0.1) is 0 Å². The standard InChI is InChI=1S/C9H7NS.C5H13NS2.O.Re/c11-9-6-5-7-3-1-2-4-8(7)10-9;1-6(2-4-7)3-5-8;;/h1-6H,(H,10,11);7-8H,2-5H2,1H3;;/q;;-2;/p-3. The molecule has 1 aromatic heterocycles. The molecule has 2 aromatic rings. The molecule has 3 nitrogen and oxygen atoms in total. The summed E-state index contributed by atoms with van der Waals surface area (Å²) in [5.74, 6) is 1.62. The molecule has 0 unspecified atom stereocenters. The minimum absolute atomic E-state index is 0. The number of hydrogen-bond acceptors (Lipinski definition) is 5. The summed E-state index contributed by atoms with van der Waals surface area (Å²) in [6.07, 6.45) is 0. The molecule has 0 amide bonds. The molecule has 7 heteroatoms. The summed E-state index contributed by atoms with van der Waals surface area (Å²) in [5.41, 5.74) is 0.972. The smallest absolute Gasteiger partial charge is 0.0683 e. The summed E-state index contributed by atoms with van der Waals surface area (Å²) >= 11 is 14.5. The Hall–Kier alpha value is 0.132. The second-order valence-corrected chi connectivity index (χ2v) is 5.29. The molecule has 2 rings (SSSR count). The Labute approximate surface area is 157 Å². The van der Waals surface area contributed by atoms with Crippen molar-refractivity contribution in [2.45, 2.75) is 5.03 Å². The maximum absolute atomic E-state index is 4.93. The molecular weight excluding hydrogens is 495 g/mol. The third-order valence-corrected chi connectivity index (χ3v) is 3.11. The molecule has 21 heavy (non-hydrogen) atoms. The molecule has 1 heterocycles. The van der Waals surface area contributed by atoms with Gasteiger partial charge in [0.25, 0.3) is 0 Å². The Kier molecular flexibility index (Phi) is 15.3. The van der Waals surface area contributed by atoms with Crippen molar-refractivity contribution < 1.29 is 25.9 Å². The van der Waals surface area contributed by atoms with Crippen molar-refractivity contribution in [2.24, 2.45) is 0 Å². The van der Waals surface area contributed by atoms with Gasteiger partial charge in [-0.05, 0) is 26.2 Å². The van der Waals surface area contributed by atoms with Gasteiger partial charge in [-0.3, -0.25) is 4.98 Å². The third-order valence-electron chi connectivity index (χ3n) is 2.52. The molecule has 0 saturated carbocycles. The quantitative estimate of drug-likeness (QED) is 0.588. The van der Waals surface area contributed by atoms with Crippen molar-refractivity contribution in [2.75, 3.05) is 31.6 Å². The first-order chi connectivity index (χ1) is 9.17. The monoisotopic (exact) mass is 512 g/mol. The zero-order chi connectivity index (χ0) is 14.1. The molecule has 0 aliphatic heterocycles. The Morgan fingerprint density at radius 3 is 2.14 bits per heavy atom.